The van der Waals surface area contributed by atoms with E-state index in [4.69, 9.17) is 0 Å². The Hall–Kier alpha value is -2.34. The van der Waals surface area contributed by atoms with Crippen molar-refractivity contribution in [3.63, 3.8) is 0 Å². The number of fused-ring (bicyclic) bond motifs is 1. The fourth-order valence-electron chi connectivity index (χ4n) is 3.12. The van der Waals surface area contributed by atoms with Gasteiger partial charge in [-0.15, -0.1) is 0 Å². The summed E-state index contributed by atoms with van der Waals surface area (Å²) in [6, 6.07) is 32.8. The van der Waals surface area contributed by atoms with E-state index in [0.29, 0.717) is 15.0 Å². The van der Waals surface area contributed by atoms with Crippen molar-refractivity contribution in [1.29, 1.82) is 0 Å². The molecule has 0 saturated heterocycles. The molecule has 0 aliphatic rings. The van der Waals surface area contributed by atoms with Crippen LogP contribution in [-0.2, 0) is 0 Å². The van der Waals surface area contributed by atoms with Crippen LogP contribution >= 0.6 is 0 Å². The maximum absolute atomic E-state index is 2.39. The predicted molar refractivity (Wildman–Crippen MR) is 106 cm³/mol. The second-order valence-corrected chi connectivity index (χ2v) is 8.23. The molecule has 116 valence electrons. The summed E-state index contributed by atoms with van der Waals surface area (Å²) < 4.78 is 2.87. The molecule has 0 spiro atoms. The second-order valence-electron chi connectivity index (χ2n) is 5.89. The molecule has 0 bridgehead atoms. The SMILES string of the molecule is Cc1cc([Se]c2ccccc2)c(-c2ccccc2)c2ccccc12. The van der Waals surface area contributed by atoms with Crippen LogP contribution in [0.15, 0.2) is 91.0 Å². The minimum absolute atomic E-state index is 0.293. The van der Waals surface area contributed by atoms with Crippen LogP contribution in [-0.4, -0.2) is 15.0 Å². The zero-order valence-electron chi connectivity index (χ0n) is 13.6. The van der Waals surface area contributed by atoms with Crippen LogP contribution in [0.3, 0.4) is 0 Å². The fourth-order valence-corrected chi connectivity index (χ4v) is 5.46. The molecule has 0 N–H and O–H groups in total. The Morgan fingerprint density at radius 3 is 1.92 bits per heavy atom. The summed E-state index contributed by atoms with van der Waals surface area (Å²) in [5.74, 6) is 0. The van der Waals surface area contributed by atoms with Gasteiger partial charge in [0.2, 0.25) is 0 Å². The summed E-state index contributed by atoms with van der Waals surface area (Å²) in [5, 5.41) is 2.71. The molecule has 0 heterocycles. The Morgan fingerprint density at radius 1 is 0.625 bits per heavy atom. The Labute approximate surface area is 149 Å². The van der Waals surface area contributed by atoms with Crippen LogP contribution in [0.1, 0.15) is 5.56 Å². The molecule has 0 nitrogen and oxygen atoms in total. The number of hydrogen-bond donors (Lipinski definition) is 0. The topological polar surface area (TPSA) is 0 Å². The van der Waals surface area contributed by atoms with Crippen LogP contribution in [0.4, 0.5) is 0 Å². The van der Waals surface area contributed by atoms with Crippen molar-refractivity contribution in [3.8, 4) is 11.1 Å². The van der Waals surface area contributed by atoms with Crippen molar-refractivity contribution in [2.75, 3.05) is 0 Å². The quantitative estimate of drug-likeness (QED) is 0.465. The van der Waals surface area contributed by atoms with E-state index >= 15 is 0 Å². The number of rotatable bonds is 3. The molecule has 1 heteroatoms. The van der Waals surface area contributed by atoms with Gasteiger partial charge in [-0.1, -0.05) is 0 Å². The molecule has 0 radical (unpaired) electrons. The van der Waals surface area contributed by atoms with Crippen molar-refractivity contribution in [3.05, 3.63) is 96.6 Å². The van der Waals surface area contributed by atoms with Crippen LogP contribution in [0, 0.1) is 6.92 Å². The summed E-state index contributed by atoms with van der Waals surface area (Å²) in [4.78, 5) is 0. The molecule has 0 aliphatic heterocycles. The van der Waals surface area contributed by atoms with E-state index in [9.17, 15) is 0 Å². The number of benzene rings is 4. The first kappa shape index (κ1) is 15.2. The first-order valence-electron chi connectivity index (χ1n) is 8.13. The van der Waals surface area contributed by atoms with Crippen LogP contribution in [0.25, 0.3) is 21.9 Å². The third kappa shape index (κ3) is 2.89. The van der Waals surface area contributed by atoms with Crippen LogP contribution < -0.4 is 8.92 Å². The monoisotopic (exact) mass is 374 g/mol. The van der Waals surface area contributed by atoms with Gasteiger partial charge in [-0.05, 0) is 0 Å². The van der Waals surface area contributed by atoms with Gasteiger partial charge in [-0.25, -0.2) is 0 Å². The van der Waals surface area contributed by atoms with Gasteiger partial charge in [0, 0.05) is 0 Å². The molecular weight excluding hydrogens is 355 g/mol. The van der Waals surface area contributed by atoms with Crippen molar-refractivity contribution < 1.29 is 0 Å². The number of aryl methyl sites for hydroxylation is 1. The minimum atomic E-state index is 0.293. The van der Waals surface area contributed by atoms with Crippen LogP contribution in [0.2, 0.25) is 0 Å². The molecule has 0 unspecified atom stereocenters. The zero-order valence-corrected chi connectivity index (χ0v) is 15.3. The van der Waals surface area contributed by atoms with Gasteiger partial charge in [-0.2, -0.15) is 0 Å². The summed E-state index contributed by atoms with van der Waals surface area (Å²) >= 11 is 0.293. The molecule has 0 fully saturated rings. The molecule has 0 atom stereocenters. The molecule has 4 rings (SSSR count). The Morgan fingerprint density at radius 2 is 1.21 bits per heavy atom. The molecule has 0 saturated carbocycles. The van der Waals surface area contributed by atoms with Crippen molar-refractivity contribution in [2.24, 2.45) is 0 Å². The summed E-state index contributed by atoms with van der Waals surface area (Å²) in [7, 11) is 0. The molecule has 0 aromatic heterocycles. The van der Waals surface area contributed by atoms with E-state index < -0.39 is 0 Å². The maximum atomic E-state index is 2.39. The van der Waals surface area contributed by atoms with E-state index in [1.165, 1.54) is 36.4 Å². The predicted octanol–water partition coefficient (Wildman–Crippen LogP) is 4.47. The average Bonchev–Trinajstić information content (AvgIpc) is 2.64. The normalized spacial score (nSPS) is 10.9. The van der Waals surface area contributed by atoms with Gasteiger partial charge in [0.25, 0.3) is 0 Å². The molecular formula is C23H18Se. The zero-order chi connectivity index (χ0) is 16.4. The Kier molecular flexibility index (Phi) is 4.21. The summed E-state index contributed by atoms with van der Waals surface area (Å²) in [6.07, 6.45) is 0. The third-order valence-electron chi connectivity index (χ3n) is 4.25. The average molecular weight is 373 g/mol. The van der Waals surface area contributed by atoms with E-state index in [0.717, 1.165) is 0 Å². The molecule has 0 amide bonds. The Balaban J connectivity index is 1.98. The van der Waals surface area contributed by atoms with E-state index in [-0.39, 0.29) is 0 Å². The molecule has 0 aliphatic carbocycles. The fraction of sp³-hybridized carbons (Fsp3) is 0.0435. The molecule has 24 heavy (non-hydrogen) atoms. The van der Waals surface area contributed by atoms with Gasteiger partial charge in [0.1, 0.15) is 0 Å². The first-order valence-corrected chi connectivity index (χ1v) is 9.85. The van der Waals surface area contributed by atoms with Gasteiger partial charge < -0.3 is 0 Å². The summed E-state index contributed by atoms with van der Waals surface area (Å²) in [5.41, 5.74) is 4.06. The summed E-state index contributed by atoms with van der Waals surface area (Å²) in [6.45, 7) is 2.22. The van der Waals surface area contributed by atoms with Gasteiger partial charge in [0.15, 0.2) is 0 Å². The van der Waals surface area contributed by atoms with Gasteiger partial charge >= 0.3 is 149 Å². The van der Waals surface area contributed by atoms with Crippen molar-refractivity contribution in [1.82, 2.24) is 0 Å². The van der Waals surface area contributed by atoms with Crippen LogP contribution in [0.5, 0.6) is 0 Å². The van der Waals surface area contributed by atoms with E-state index in [1.807, 2.05) is 0 Å². The van der Waals surface area contributed by atoms with Gasteiger partial charge in [0.05, 0.1) is 0 Å². The Bertz CT molecular complexity index is 973. The third-order valence-corrected chi connectivity index (χ3v) is 6.45. The first-order chi connectivity index (χ1) is 11.8. The molecule has 4 aromatic carbocycles. The van der Waals surface area contributed by atoms with Crippen molar-refractivity contribution in [2.45, 2.75) is 6.92 Å². The van der Waals surface area contributed by atoms with E-state index in [2.05, 4.69) is 97.9 Å². The second kappa shape index (κ2) is 6.65. The van der Waals surface area contributed by atoms with Crippen molar-refractivity contribution >= 4 is 34.7 Å². The standard InChI is InChI=1S/C23H18Se/c1-17-16-22(24-19-12-6-3-7-13-19)23(18-10-4-2-5-11-18)21-15-9-8-14-20(17)21/h2-16H,1H3. The number of hydrogen-bond acceptors (Lipinski definition) is 0. The van der Waals surface area contributed by atoms with Gasteiger partial charge in [-0.3, -0.25) is 0 Å². The molecule has 4 aromatic rings. The van der Waals surface area contributed by atoms with E-state index in [1.54, 1.807) is 0 Å².